The van der Waals surface area contributed by atoms with Crippen molar-refractivity contribution in [3.8, 4) is 0 Å². The van der Waals surface area contributed by atoms with Crippen LogP contribution in [0.1, 0.15) is 38.3 Å². The largest absolute Gasteiger partial charge is 0.464 e. The minimum atomic E-state index is 0.146. The van der Waals surface area contributed by atoms with E-state index in [1.165, 1.54) is 0 Å². The van der Waals surface area contributed by atoms with Crippen LogP contribution in [0, 0.1) is 0 Å². The monoisotopic (exact) mass is 211 g/mol. The summed E-state index contributed by atoms with van der Waals surface area (Å²) in [6.07, 6.45) is 1.18. The fourth-order valence-electron chi connectivity index (χ4n) is 1.37. The van der Waals surface area contributed by atoms with Crippen molar-refractivity contribution in [1.82, 2.24) is 5.32 Å². The van der Waals surface area contributed by atoms with Crippen LogP contribution >= 0.6 is 0 Å². The van der Waals surface area contributed by atoms with Crippen LogP contribution in [0.3, 0.4) is 0 Å². The lowest BCUT2D eigenvalue weighted by Crippen LogP contribution is -2.23. The molecule has 0 radical (unpaired) electrons. The number of aryl methyl sites for hydroxylation is 1. The van der Waals surface area contributed by atoms with Gasteiger partial charge >= 0.3 is 0 Å². The number of likely N-dealkylation sites (N-methyl/N-ethyl adjacent to an activating group) is 1. The number of hydrogen-bond donors (Lipinski definition) is 1. The van der Waals surface area contributed by atoms with Gasteiger partial charge in [-0.1, -0.05) is 6.92 Å². The summed E-state index contributed by atoms with van der Waals surface area (Å²) < 4.78 is 11.2. The first-order valence-corrected chi connectivity index (χ1v) is 5.54. The van der Waals surface area contributed by atoms with E-state index in [-0.39, 0.29) is 12.1 Å². The van der Waals surface area contributed by atoms with Gasteiger partial charge in [0.15, 0.2) is 0 Å². The second kappa shape index (κ2) is 5.93. The van der Waals surface area contributed by atoms with E-state index in [4.69, 9.17) is 9.15 Å². The number of ether oxygens (including phenoxy) is 1. The highest BCUT2D eigenvalue weighted by atomic mass is 16.5. The summed E-state index contributed by atoms with van der Waals surface area (Å²) in [5, 5.41) is 3.19. The van der Waals surface area contributed by atoms with Crippen LogP contribution in [-0.2, 0) is 11.2 Å². The Morgan fingerprint density at radius 1 is 1.40 bits per heavy atom. The smallest absolute Gasteiger partial charge is 0.123 e. The van der Waals surface area contributed by atoms with Gasteiger partial charge in [-0.2, -0.15) is 0 Å². The van der Waals surface area contributed by atoms with Crippen molar-refractivity contribution in [2.45, 2.75) is 39.3 Å². The number of nitrogens with one attached hydrogen (secondary N) is 1. The normalized spacial score (nSPS) is 13.4. The molecule has 0 saturated carbocycles. The first-order chi connectivity index (χ1) is 7.17. The molecular weight excluding hydrogens is 190 g/mol. The average molecular weight is 211 g/mol. The van der Waals surface area contributed by atoms with Crippen molar-refractivity contribution in [1.29, 1.82) is 0 Å². The second-order valence-electron chi connectivity index (χ2n) is 3.88. The Kier molecular flexibility index (Phi) is 4.85. The van der Waals surface area contributed by atoms with Gasteiger partial charge in [-0.3, -0.25) is 0 Å². The van der Waals surface area contributed by atoms with E-state index in [9.17, 15) is 0 Å². The average Bonchev–Trinajstić information content (AvgIpc) is 2.67. The highest BCUT2D eigenvalue weighted by Gasteiger charge is 2.14. The Bertz CT molecular complexity index is 281. The zero-order chi connectivity index (χ0) is 11.3. The van der Waals surface area contributed by atoms with Crippen molar-refractivity contribution in [2.24, 2.45) is 0 Å². The molecule has 1 atom stereocenters. The molecule has 0 aliphatic heterocycles. The zero-order valence-corrected chi connectivity index (χ0v) is 10.0. The molecule has 1 rings (SSSR count). The zero-order valence-electron chi connectivity index (χ0n) is 10.0. The Labute approximate surface area is 91.8 Å². The molecule has 1 aromatic rings. The molecule has 0 saturated heterocycles. The molecule has 0 aliphatic rings. The quantitative estimate of drug-likeness (QED) is 0.785. The van der Waals surface area contributed by atoms with Gasteiger partial charge in [0.05, 0.1) is 18.8 Å². The summed E-state index contributed by atoms with van der Waals surface area (Å²) in [6, 6.07) is 4.19. The first-order valence-electron chi connectivity index (χ1n) is 5.54. The van der Waals surface area contributed by atoms with Gasteiger partial charge in [0.2, 0.25) is 0 Å². The molecule has 0 bridgehead atoms. The molecule has 0 aliphatic carbocycles. The summed E-state index contributed by atoms with van der Waals surface area (Å²) in [5.74, 6) is 1.98. The molecule has 3 heteroatoms. The van der Waals surface area contributed by atoms with Gasteiger partial charge in [-0.25, -0.2) is 0 Å². The van der Waals surface area contributed by atoms with E-state index in [1.54, 1.807) is 0 Å². The van der Waals surface area contributed by atoms with Crippen LogP contribution in [0.2, 0.25) is 0 Å². The molecule has 1 N–H and O–H groups in total. The van der Waals surface area contributed by atoms with Gasteiger partial charge in [0.25, 0.3) is 0 Å². The number of hydrogen-bond acceptors (Lipinski definition) is 3. The van der Waals surface area contributed by atoms with Crippen LogP contribution in [0.15, 0.2) is 16.5 Å². The molecule has 0 spiro atoms. The molecule has 0 aromatic carbocycles. The number of furan rings is 1. The maximum Gasteiger partial charge on any atom is 0.123 e. The standard InChI is InChI=1S/C12H21NO2/c1-5-10-6-7-12(15-10)11(13-4)8-14-9(2)3/h6-7,9,11,13H,5,8H2,1-4H3. The summed E-state index contributed by atoms with van der Waals surface area (Å²) in [4.78, 5) is 0. The van der Waals surface area contributed by atoms with Crippen molar-refractivity contribution >= 4 is 0 Å². The van der Waals surface area contributed by atoms with E-state index < -0.39 is 0 Å². The van der Waals surface area contributed by atoms with Gasteiger partial charge < -0.3 is 14.5 Å². The van der Waals surface area contributed by atoms with Crippen molar-refractivity contribution < 1.29 is 9.15 Å². The maximum atomic E-state index is 5.68. The third-order valence-electron chi connectivity index (χ3n) is 2.32. The molecule has 1 heterocycles. The predicted octanol–water partition coefficient (Wildman–Crippen LogP) is 2.53. The Hall–Kier alpha value is -0.800. The van der Waals surface area contributed by atoms with E-state index in [0.29, 0.717) is 6.61 Å². The summed E-state index contributed by atoms with van der Waals surface area (Å²) in [6.45, 7) is 6.80. The molecule has 86 valence electrons. The van der Waals surface area contributed by atoms with Gasteiger partial charge in [0.1, 0.15) is 11.5 Å². The van der Waals surface area contributed by atoms with E-state index in [2.05, 4.69) is 12.2 Å². The van der Waals surface area contributed by atoms with Crippen LogP contribution in [0.5, 0.6) is 0 Å². The Balaban J connectivity index is 2.57. The highest BCUT2D eigenvalue weighted by molar-refractivity contribution is 5.10. The second-order valence-corrected chi connectivity index (χ2v) is 3.88. The third-order valence-corrected chi connectivity index (χ3v) is 2.32. The SMILES string of the molecule is CCc1ccc(C(COC(C)C)NC)o1. The topological polar surface area (TPSA) is 34.4 Å². The highest BCUT2D eigenvalue weighted by Crippen LogP contribution is 2.17. The predicted molar refractivity (Wildman–Crippen MR) is 61.0 cm³/mol. The Morgan fingerprint density at radius 2 is 2.13 bits per heavy atom. The lowest BCUT2D eigenvalue weighted by molar-refractivity contribution is 0.0582. The molecule has 3 nitrogen and oxygen atoms in total. The summed E-state index contributed by atoms with van der Waals surface area (Å²) in [7, 11) is 1.92. The summed E-state index contributed by atoms with van der Waals surface area (Å²) >= 11 is 0. The maximum absolute atomic E-state index is 5.68. The lowest BCUT2D eigenvalue weighted by Gasteiger charge is -2.15. The molecule has 15 heavy (non-hydrogen) atoms. The van der Waals surface area contributed by atoms with E-state index in [1.807, 2.05) is 33.0 Å². The van der Waals surface area contributed by atoms with Crippen molar-refractivity contribution in [2.75, 3.05) is 13.7 Å². The lowest BCUT2D eigenvalue weighted by atomic mass is 10.2. The van der Waals surface area contributed by atoms with Crippen LogP contribution in [-0.4, -0.2) is 19.8 Å². The number of rotatable bonds is 6. The van der Waals surface area contributed by atoms with E-state index >= 15 is 0 Å². The van der Waals surface area contributed by atoms with E-state index in [0.717, 1.165) is 17.9 Å². The van der Waals surface area contributed by atoms with Gasteiger partial charge in [-0.15, -0.1) is 0 Å². The molecule has 1 unspecified atom stereocenters. The Morgan fingerprint density at radius 3 is 2.60 bits per heavy atom. The molecule has 0 amide bonds. The minimum absolute atomic E-state index is 0.146. The fraction of sp³-hybridized carbons (Fsp3) is 0.667. The van der Waals surface area contributed by atoms with Crippen LogP contribution in [0.4, 0.5) is 0 Å². The van der Waals surface area contributed by atoms with Crippen LogP contribution < -0.4 is 5.32 Å². The minimum Gasteiger partial charge on any atom is -0.464 e. The van der Waals surface area contributed by atoms with Gasteiger partial charge in [0, 0.05) is 6.42 Å². The fourth-order valence-corrected chi connectivity index (χ4v) is 1.37. The van der Waals surface area contributed by atoms with Crippen molar-refractivity contribution in [3.63, 3.8) is 0 Å². The first kappa shape index (κ1) is 12.3. The molecule has 0 fully saturated rings. The molecule has 1 aromatic heterocycles. The van der Waals surface area contributed by atoms with Crippen molar-refractivity contribution in [3.05, 3.63) is 23.7 Å². The third kappa shape index (κ3) is 3.68. The van der Waals surface area contributed by atoms with Gasteiger partial charge in [-0.05, 0) is 33.0 Å². The molecular formula is C12H21NO2. The summed E-state index contributed by atoms with van der Waals surface area (Å²) in [5.41, 5.74) is 0. The van der Waals surface area contributed by atoms with Crippen LogP contribution in [0.25, 0.3) is 0 Å².